The van der Waals surface area contributed by atoms with Gasteiger partial charge in [-0.15, -0.1) is 24.8 Å². The number of nitrogens with one attached hydrogen (secondary N) is 2. The Kier molecular flexibility index (Phi) is 6.74. The average Bonchev–Trinajstić information content (AvgIpc) is 2.67. The zero-order chi connectivity index (χ0) is 13.3. The quantitative estimate of drug-likeness (QED) is 0.782. The van der Waals surface area contributed by atoms with Gasteiger partial charge in [-0.2, -0.15) is 0 Å². The molecule has 0 fully saturated rings. The monoisotopic (exact) mass is 321 g/mol. The van der Waals surface area contributed by atoms with Gasteiger partial charge in [0.15, 0.2) is 6.04 Å². The molecule has 1 unspecified atom stereocenters. The Morgan fingerprint density at radius 2 is 2.05 bits per heavy atom. The van der Waals surface area contributed by atoms with E-state index in [4.69, 9.17) is 5.11 Å². The first-order chi connectivity index (χ1) is 8.37. The second-order valence-corrected chi connectivity index (χ2v) is 5.66. The molecule has 114 valence electrons. The van der Waals surface area contributed by atoms with E-state index in [1.165, 1.54) is 0 Å². The predicted octanol–water partition coefficient (Wildman–Crippen LogP) is 2.58. The van der Waals surface area contributed by atoms with E-state index in [0.29, 0.717) is 12.2 Å². The first-order valence-corrected chi connectivity index (χ1v) is 6.11. The number of nitrogens with zero attached hydrogens (tertiary/aromatic N) is 1. The lowest BCUT2D eigenvalue weighted by molar-refractivity contribution is -0.139. The van der Waals surface area contributed by atoms with Crippen molar-refractivity contribution >= 4 is 36.9 Å². The van der Waals surface area contributed by atoms with E-state index in [1.54, 1.807) is 0 Å². The molecule has 0 aromatic carbocycles. The van der Waals surface area contributed by atoms with Crippen LogP contribution in [0.4, 0.5) is 0 Å². The van der Waals surface area contributed by atoms with Gasteiger partial charge in [-0.3, -0.25) is 10.1 Å². The molecule has 1 atom stereocenters. The molecule has 0 radical (unpaired) electrons. The Morgan fingerprint density at radius 3 is 2.60 bits per heavy atom. The number of carbonyl (C=O) groups is 1. The summed E-state index contributed by atoms with van der Waals surface area (Å²) in [6.07, 6.45) is 4.76. The van der Waals surface area contributed by atoms with E-state index in [0.717, 1.165) is 17.9 Å². The van der Waals surface area contributed by atoms with Crippen LogP contribution in [0, 0.1) is 5.41 Å². The molecule has 1 aromatic rings. The number of aromatic amines is 1. The lowest BCUT2D eigenvalue weighted by Gasteiger charge is -2.18. The highest BCUT2D eigenvalue weighted by atomic mass is 35.5. The van der Waals surface area contributed by atoms with Crippen molar-refractivity contribution in [2.45, 2.75) is 33.2 Å². The van der Waals surface area contributed by atoms with Gasteiger partial charge in [-0.05, 0) is 11.5 Å². The van der Waals surface area contributed by atoms with Crippen LogP contribution in [0.5, 0.6) is 0 Å². The number of imidazole rings is 1. The van der Waals surface area contributed by atoms with Gasteiger partial charge < -0.3 is 10.1 Å². The molecule has 0 saturated heterocycles. The topological polar surface area (TPSA) is 78.0 Å². The lowest BCUT2D eigenvalue weighted by Crippen LogP contribution is -2.35. The normalized spacial score (nSPS) is 18.1. The maximum absolute atomic E-state index is 11.1. The van der Waals surface area contributed by atoms with Gasteiger partial charge in [-0.1, -0.05) is 26.8 Å². The molecular formula is C13H21Cl2N3O2. The van der Waals surface area contributed by atoms with E-state index in [1.807, 2.05) is 6.08 Å². The van der Waals surface area contributed by atoms with Gasteiger partial charge in [0.1, 0.15) is 5.82 Å². The summed E-state index contributed by atoms with van der Waals surface area (Å²) in [4.78, 5) is 18.7. The number of hydrogen-bond acceptors (Lipinski definition) is 3. The van der Waals surface area contributed by atoms with Crippen molar-refractivity contribution in [3.63, 3.8) is 0 Å². The Balaban J connectivity index is 0.00000180. The Morgan fingerprint density at radius 1 is 1.40 bits per heavy atom. The van der Waals surface area contributed by atoms with Crippen molar-refractivity contribution in [1.29, 1.82) is 0 Å². The minimum atomic E-state index is -0.881. The van der Waals surface area contributed by atoms with Gasteiger partial charge in [0.2, 0.25) is 0 Å². The lowest BCUT2D eigenvalue weighted by atomic mass is 9.96. The van der Waals surface area contributed by atoms with Crippen LogP contribution in [0.1, 0.15) is 44.0 Å². The van der Waals surface area contributed by atoms with E-state index in [2.05, 4.69) is 42.1 Å². The highest BCUT2D eigenvalue weighted by Crippen LogP contribution is 2.22. The van der Waals surface area contributed by atoms with Gasteiger partial charge in [-0.25, -0.2) is 4.98 Å². The fourth-order valence-corrected chi connectivity index (χ4v) is 1.92. The summed E-state index contributed by atoms with van der Waals surface area (Å²) >= 11 is 0. The number of halogens is 2. The Labute approximate surface area is 131 Å². The fourth-order valence-electron chi connectivity index (χ4n) is 1.92. The SMILES string of the molecule is CC(C)(C)C=Cc1nc2c([nH]1)CCNC2C(=O)O.Cl.Cl. The molecule has 20 heavy (non-hydrogen) atoms. The summed E-state index contributed by atoms with van der Waals surface area (Å²) in [6.45, 7) is 6.98. The summed E-state index contributed by atoms with van der Waals surface area (Å²) in [7, 11) is 0. The molecule has 0 saturated carbocycles. The van der Waals surface area contributed by atoms with E-state index >= 15 is 0 Å². The van der Waals surface area contributed by atoms with Crippen molar-refractivity contribution in [3.8, 4) is 0 Å². The number of rotatable bonds is 2. The smallest absolute Gasteiger partial charge is 0.327 e. The molecule has 3 N–H and O–H groups in total. The molecule has 0 aliphatic carbocycles. The number of hydrogen-bond donors (Lipinski definition) is 3. The first-order valence-electron chi connectivity index (χ1n) is 6.11. The molecule has 0 spiro atoms. The second-order valence-electron chi connectivity index (χ2n) is 5.66. The number of aromatic nitrogens is 2. The van der Waals surface area contributed by atoms with Crippen LogP contribution in [0.3, 0.4) is 0 Å². The molecule has 0 bridgehead atoms. The minimum Gasteiger partial charge on any atom is -0.480 e. The fraction of sp³-hybridized carbons (Fsp3) is 0.538. The molecule has 1 aromatic heterocycles. The second kappa shape index (κ2) is 7.11. The van der Waals surface area contributed by atoms with Crippen LogP contribution < -0.4 is 5.32 Å². The van der Waals surface area contributed by atoms with Gasteiger partial charge >= 0.3 is 5.97 Å². The molecular weight excluding hydrogens is 301 g/mol. The summed E-state index contributed by atoms with van der Waals surface area (Å²) < 4.78 is 0. The van der Waals surface area contributed by atoms with Crippen molar-refractivity contribution in [2.75, 3.05) is 6.54 Å². The third kappa shape index (κ3) is 4.51. The molecule has 2 heterocycles. The first kappa shape index (κ1) is 19.0. The third-order valence-corrected chi connectivity index (χ3v) is 2.81. The number of carboxylic acids is 1. The summed E-state index contributed by atoms with van der Waals surface area (Å²) in [6, 6.07) is -0.693. The zero-order valence-electron chi connectivity index (χ0n) is 11.8. The van der Waals surface area contributed by atoms with E-state index < -0.39 is 12.0 Å². The summed E-state index contributed by atoms with van der Waals surface area (Å²) in [5, 5.41) is 12.1. The molecule has 7 heteroatoms. The highest BCUT2D eigenvalue weighted by Gasteiger charge is 2.28. The van der Waals surface area contributed by atoms with Gasteiger partial charge in [0.05, 0.1) is 5.69 Å². The van der Waals surface area contributed by atoms with Crippen LogP contribution in [-0.4, -0.2) is 27.6 Å². The molecule has 1 aliphatic rings. The number of carboxylic acid groups (broad SMARTS) is 1. The van der Waals surface area contributed by atoms with Crippen LogP contribution in [0.25, 0.3) is 6.08 Å². The van der Waals surface area contributed by atoms with E-state index in [-0.39, 0.29) is 30.2 Å². The number of allylic oxidation sites excluding steroid dienone is 1. The van der Waals surface area contributed by atoms with Crippen LogP contribution in [0.2, 0.25) is 0 Å². The maximum Gasteiger partial charge on any atom is 0.327 e. The van der Waals surface area contributed by atoms with Crippen molar-refractivity contribution < 1.29 is 9.90 Å². The number of fused-ring (bicyclic) bond motifs is 1. The van der Waals surface area contributed by atoms with Crippen LogP contribution >= 0.6 is 24.8 Å². The van der Waals surface area contributed by atoms with Gasteiger partial charge in [0, 0.05) is 18.7 Å². The molecule has 5 nitrogen and oxygen atoms in total. The standard InChI is InChI=1S/C13H19N3O2.2ClH/c1-13(2,3)6-4-9-15-8-5-7-14-11(12(17)18)10(8)16-9;;/h4,6,11,14H,5,7H2,1-3H3,(H,15,16)(H,17,18);2*1H. The predicted molar refractivity (Wildman–Crippen MR) is 83.7 cm³/mol. The third-order valence-electron chi connectivity index (χ3n) is 2.81. The summed E-state index contributed by atoms with van der Waals surface area (Å²) in [5.74, 6) is -0.154. The largest absolute Gasteiger partial charge is 0.480 e. The highest BCUT2D eigenvalue weighted by molar-refractivity contribution is 5.85. The number of H-pyrrole nitrogens is 1. The van der Waals surface area contributed by atoms with E-state index in [9.17, 15) is 4.79 Å². The number of aliphatic carboxylic acids is 1. The molecule has 0 amide bonds. The van der Waals surface area contributed by atoms with Gasteiger partial charge in [0.25, 0.3) is 0 Å². The average molecular weight is 322 g/mol. The maximum atomic E-state index is 11.1. The molecule has 1 aliphatic heterocycles. The molecule has 2 rings (SSSR count). The van der Waals surface area contributed by atoms with Crippen LogP contribution in [-0.2, 0) is 11.2 Å². The van der Waals surface area contributed by atoms with Crippen molar-refractivity contribution in [1.82, 2.24) is 15.3 Å². The Hall–Kier alpha value is -1.04. The minimum absolute atomic E-state index is 0. The Bertz CT molecular complexity index is 492. The van der Waals surface area contributed by atoms with Crippen molar-refractivity contribution in [2.24, 2.45) is 5.41 Å². The zero-order valence-corrected chi connectivity index (χ0v) is 13.4. The summed E-state index contributed by atoms with van der Waals surface area (Å²) in [5.41, 5.74) is 1.62. The van der Waals surface area contributed by atoms with Crippen LogP contribution in [0.15, 0.2) is 6.08 Å². The van der Waals surface area contributed by atoms with Crippen molar-refractivity contribution in [3.05, 3.63) is 23.3 Å².